The van der Waals surface area contributed by atoms with Crippen LogP contribution in [0.1, 0.15) is 30.1 Å². The van der Waals surface area contributed by atoms with Gasteiger partial charge in [0.15, 0.2) is 0 Å². The molecule has 1 aromatic carbocycles. The molecule has 3 N–H and O–H groups in total. The van der Waals surface area contributed by atoms with Crippen LogP contribution in [0.2, 0.25) is 0 Å². The third-order valence-electron chi connectivity index (χ3n) is 2.95. The van der Waals surface area contributed by atoms with Crippen LogP contribution in [0.3, 0.4) is 0 Å². The molecule has 0 aliphatic carbocycles. The Morgan fingerprint density at radius 1 is 1.13 bits per heavy atom. The van der Waals surface area contributed by atoms with Crippen molar-refractivity contribution in [1.29, 1.82) is 0 Å². The predicted octanol–water partition coefficient (Wildman–Crippen LogP) is 1.61. The van der Waals surface area contributed by atoms with E-state index in [1.54, 1.807) is 18.2 Å². The van der Waals surface area contributed by atoms with Gasteiger partial charge in [-0.1, -0.05) is 31.2 Å². The first-order valence-corrected chi connectivity index (χ1v) is 7.70. The van der Waals surface area contributed by atoms with Gasteiger partial charge >= 0.3 is 0 Å². The standard InChI is InChI=1S/C17H24N2O4/c1-2-3-4-9-16(21)18-10-12-23-13-11-19-17(22)14-7-5-6-8-15(14)20/h3-8,20H,2,9-13H2,1H3,(H,18,21)(H,19,22)/b4-3-. The average molecular weight is 320 g/mol. The van der Waals surface area contributed by atoms with Crippen LogP contribution < -0.4 is 10.6 Å². The van der Waals surface area contributed by atoms with Crippen molar-refractivity contribution in [3.05, 3.63) is 42.0 Å². The smallest absolute Gasteiger partial charge is 0.255 e. The molecule has 0 heterocycles. The van der Waals surface area contributed by atoms with Gasteiger partial charge in [-0.05, 0) is 18.6 Å². The normalized spacial score (nSPS) is 10.7. The minimum Gasteiger partial charge on any atom is -0.507 e. The molecule has 0 fully saturated rings. The molecule has 0 radical (unpaired) electrons. The molecule has 6 heteroatoms. The summed E-state index contributed by atoms with van der Waals surface area (Å²) in [6, 6.07) is 6.35. The van der Waals surface area contributed by atoms with Gasteiger partial charge in [0.05, 0.1) is 18.8 Å². The summed E-state index contributed by atoms with van der Waals surface area (Å²) < 4.78 is 5.32. The van der Waals surface area contributed by atoms with E-state index in [0.29, 0.717) is 32.7 Å². The van der Waals surface area contributed by atoms with Gasteiger partial charge in [-0.25, -0.2) is 0 Å². The van der Waals surface area contributed by atoms with Gasteiger partial charge in [0.2, 0.25) is 5.91 Å². The number of phenols is 1. The van der Waals surface area contributed by atoms with E-state index >= 15 is 0 Å². The molecule has 0 aliphatic heterocycles. The Morgan fingerprint density at radius 3 is 2.52 bits per heavy atom. The summed E-state index contributed by atoms with van der Waals surface area (Å²) in [6.07, 6.45) is 5.08. The molecule has 6 nitrogen and oxygen atoms in total. The molecule has 0 atom stereocenters. The minimum absolute atomic E-state index is 0.0360. The van der Waals surface area contributed by atoms with Gasteiger partial charge in [-0.3, -0.25) is 9.59 Å². The van der Waals surface area contributed by atoms with E-state index < -0.39 is 0 Å². The van der Waals surface area contributed by atoms with Crippen LogP contribution in [-0.4, -0.2) is 43.2 Å². The maximum Gasteiger partial charge on any atom is 0.255 e. The molecule has 126 valence electrons. The number of nitrogens with one attached hydrogen (secondary N) is 2. The van der Waals surface area contributed by atoms with Crippen LogP contribution in [0.25, 0.3) is 0 Å². The fraction of sp³-hybridized carbons (Fsp3) is 0.412. The van der Waals surface area contributed by atoms with Gasteiger partial charge < -0.3 is 20.5 Å². The van der Waals surface area contributed by atoms with E-state index in [1.165, 1.54) is 6.07 Å². The summed E-state index contributed by atoms with van der Waals surface area (Å²) >= 11 is 0. The lowest BCUT2D eigenvalue weighted by Gasteiger charge is -2.08. The Labute approximate surface area is 136 Å². The van der Waals surface area contributed by atoms with Crippen LogP contribution in [0.5, 0.6) is 5.75 Å². The maximum atomic E-state index is 11.8. The first kappa shape index (κ1) is 18.7. The summed E-state index contributed by atoms with van der Waals surface area (Å²) in [5.41, 5.74) is 0.236. The first-order valence-electron chi connectivity index (χ1n) is 7.70. The number of para-hydroxylation sites is 1. The van der Waals surface area contributed by atoms with E-state index in [4.69, 9.17) is 4.74 Å². The summed E-state index contributed by atoms with van der Waals surface area (Å²) in [6.45, 7) is 3.51. The molecule has 2 amide bonds. The highest BCUT2D eigenvalue weighted by atomic mass is 16.5. The average Bonchev–Trinajstić information content (AvgIpc) is 2.54. The van der Waals surface area contributed by atoms with Crippen molar-refractivity contribution in [2.75, 3.05) is 26.3 Å². The third kappa shape index (κ3) is 8.01. The van der Waals surface area contributed by atoms with Crippen molar-refractivity contribution in [3.63, 3.8) is 0 Å². The number of allylic oxidation sites excluding steroid dienone is 1. The van der Waals surface area contributed by atoms with Crippen molar-refractivity contribution in [1.82, 2.24) is 10.6 Å². The second kappa shape index (κ2) is 11.3. The molecule has 0 unspecified atom stereocenters. The van der Waals surface area contributed by atoms with Gasteiger partial charge in [0.25, 0.3) is 5.91 Å². The van der Waals surface area contributed by atoms with Crippen LogP contribution in [0, 0.1) is 0 Å². The van der Waals surface area contributed by atoms with Crippen molar-refractivity contribution >= 4 is 11.8 Å². The molecule has 23 heavy (non-hydrogen) atoms. The quantitative estimate of drug-likeness (QED) is 0.451. The monoisotopic (exact) mass is 320 g/mol. The van der Waals surface area contributed by atoms with Gasteiger partial charge in [0, 0.05) is 19.5 Å². The Balaban J connectivity index is 2.05. The Hall–Kier alpha value is -2.34. The zero-order valence-electron chi connectivity index (χ0n) is 13.4. The van der Waals surface area contributed by atoms with E-state index in [1.807, 2.05) is 19.1 Å². The zero-order valence-corrected chi connectivity index (χ0v) is 13.4. The van der Waals surface area contributed by atoms with E-state index in [2.05, 4.69) is 10.6 Å². The van der Waals surface area contributed by atoms with Crippen molar-refractivity contribution in [3.8, 4) is 5.75 Å². The molecule has 0 aliphatic rings. The number of phenolic OH excluding ortho intramolecular Hbond substituents is 1. The summed E-state index contributed by atoms with van der Waals surface area (Å²) in [4.78, 5) is 23.2. The van der Waals surface area contributed by atoms with Crippen molar-refractivity contribution < 1.29 is 19.4 Å². The van der Waals surface area contributed by atoms with Crippen molar-refractivity contribution in [2.24, 2.45) is 0 Å². The topological polar surface area (TPSA) is 87.7 Å². The van der Waals surface area contributed by atoms with Gasteiger partial charge in [-0.15, -0.1) is 0 Å². The lowest BCUT2D eigenvalue weighted by molar-refractivity contribution is -0.120. The van der Waals surface area contributed by atoms with Gasteiger partial charge in [0.1, 0.15) is 5.75 Å². The number of carbonyl (C=O) groups excluding carboxylic acids is 2. The molecule has 0 saturated heterocycles. The first-order chi connectivity index (χ1) is 11.1. The lowest BCUT2D eigenvalue weighted by atomic mass is 10.2. The van der Waals surface area contributed by atoms with Crippen LogP contribution in [0.4, 0.5) is 0 Å². The van der Waals surface area contributed by atoms with Crippen LogP contribution >= 0.6 is 0 Å². The van der Waals surface area contributed by atoms with Crippen molar-refractivity contribution in [2.45, 2.75) is 19.8 Å². The highest BCUT2D eigenvalue weighted by Gasteiger charge is 2.08. The van der Waals surface area contributed by atoms with Gasteiger partial charge in [-0.2, -0.15) is 0 Å². The molecule has 0 bridgehead atoms. The van der Waals surface area contributed by atoms with E-state index in [9.17, 15) is 14.7 Å². The van der Waals surface area contributed by atoms with Crippen LogP contribution in [-0.2, 0) is 9.53 Å². The molecule has 1 rings (SSSR count). The van der Waals surface area contributed by atoms with E-state index in [0.717, 1.165) is 6.42 Å². The number of hydrogen-bond acceptors (Lipinski definition) is 4. The largest absolute Gasteiger partial charge is 0.507 e. The highest BCUT2D eigenvalue weighted by molar-refractivity contribution is 5.96. The summed E-state index contributed by atoms with van der Waals surface area (Å²) in [7, 11) is 0. The summed E-state index contributed by atoms with van der Waals surface area (Å²) in [5, 5.41) is 14.9. The number of aromatic hydroxyl groups is 1. The Bertz CT molecular complexity index is 529. The Kier molecular flexibility index (Phi) is 9.16. The number of amides is 2. The molecular formula is C17H24N2O4. The number of ether oxygens (including phenoxy) is 1. The fourth-order valence-electron chi connectivity index (χ4n) is 1.79. The van der Waals surface area contributed by atoms with E-state index in [-0.39, 0.29) is 23.1 Å². The SMILES string of the molecule is CC/C=C\CC(=O)NCCOCCNC(=O)c1ccccc1O. The summed E-state index contributed by atoms with van der Waals surface area (Å²) in [5.74, 6) is -0.431. The molecular weight excluding hydrogens is 296 g/mol. The lowest BCUT2D eigenvalue weighted by Crippen LogP contribution is -2.30. The number of rotatable bonds is 10. The second-order valence-electron chi connectivity index (χ2n) is 4.82. The molecule has 1 aromatic rings. The van der Waals surface area contributed by atoms with Crippen LogP contribution in [0.15, 0.2) is 36.4 Å². The number of hydrogen-bond donors (Lipinski definition) is 3. The molecule has 0 aromatic heterocycles. The predicted molar refractivity (Wildman–Crippen MR) is 88.3 cm³/mol. The number of carbonyl (C=O) groups is 2. The molecule has 0 spiro atoms. The zero-order chi connectivity index (χ0) is 16.9. The fourth-order valence-corrected chi connectivity index (χ4v) is 1.79. The third-order valence-corrected chi connectivity index (χ3v) is 2.95. The highest BCUT2D eigenvalue weighted by Crippen LogP contribution is 2.14. The number of benzene rings is 1. The second-order valence-corrected chi connectivity index (χ2v) is 4.82. The Morgan fingerprint density at radius 2 is 1.83 bits per heavy atom. The maximum absolute atomic E-state index is 11.8. The minimum atomic E-state index is -0.345. The molecule has 0 saturated carbocycles.